The number of rotatable bonds is 5. The number of para-hydroxylation sites is 1. The maximum absolute atomic E-state index is 12.5. The highest BCUT2D eigenvalue weighted by molar-refractivity contribution is 6.04. The van der Waals surface area contributed by atoms with E-state index in [0.717, 1.165) is 5.56 Å². The molecule has 0 spiro atoms. The van der Waals surface area contributed by atoms with Crippen LogP contribution in [-0.4, -0.2) is 17.8 Å². The molecule has 0 radical (unpaired) electrons. The molecule has 6 nitrogen and oxygen atoms in total. The highest BCUT2D eigenvalue weighted by Gasteiger charge is 2.13. The number of hydrogen-bond donors (Lipinski definition) is 2. The number of amides is 2. The van der Waals surface area contributed by atoms with Crippen molar-refractivity contribution in [2.45, 2.75) is 13.8 Å². The Kier molecular flexibility index (Phi) is 6.04. The molecule has 0 fully saturated rings. The predicted octanol–water partition coefficient (Wildman–Crippen LogP) is 4.42. The second kappa shape index (κ2) is 8.84. The fourth-order valence-electron chi connectivity index (χ4n) is 2.66. The Morgan fingerprint density at radius 1 is 0.793 bits per heavy atom. The van der Waals surface area contributed by atoms with Gasteiger partial charge < -0.3 is 15.4 Å². The van der Waals surface area contributed by atoms with Gasteiger partial charge in [0.2, 0.25) is 5.91 Å². The first-order chi connectivity index (χ1) is 13.9. The number of nitrogens with one attached hydrogen (secondary N) is 2. The number of benzene rings is 3. The van der Waals surface area contributed by atoms with Crippen molar-refractivity contribution in [3.63, 3.8) is 0 Å². The molecule has 0 aliphatic rings. The highest BCUT2D eigenvalue weighted by atomic mass is 16.5. The van der Waals surface area contributed by atoms with Gasteiger partial charge in [-0.05, 0) is 55.0 Å². The van der Waals surface area contributed by atoms with Gasteiger partial charge in [0, 0.05) is 23.9 Å². The molecule has 2 amide bonds. The molecular formula is C23H20N2O4. The molecule has 0 atom stereocenters. The minimum Gasteiger partial charge on any atom is -0.423 e. The second-order valence-electron chi connectivity index (χ2n) is 6.45. The third kappa shape index (κ3) is 5.29. The van der Waals surface area contributed by atoms with Crippen LogP contribution in [0.3, 0.4) is 0 Å². The molecule has 0 aliphatic heterocycles. The van der Waals surface area contributed by atoms with Crippen molar-refractivity contribution in [1.29, 1.82) is 0 Å². The third-order valence-corrected chi connectivity index (χ3v) is 4.12. The Bertz CT molecular complexity index is 1060. The van der Waals surface area contributed by atoms with Crippen molar-refractivity contribution in [3.05, 3.63) is 89.5 Å². The summed E-state index contributed by atoms with van der Waals surface area (Å²) in [4.78, 5) is 36.2. The SMILES string of the molecule is CC(=O)Nc1cc(C(=O)Oc2cccc(C(=O)Nc3ccccc3)c2)ccc1C. The van der Waals surface area contributed by atoms with Crippen LogP contribution in [-0.2, 0) is 4.79 Å². The van der Waals surface area contributed by atoms with Gasteiger partial charge >= 0.3 is 5.97 Å². The predicted molar refractivity (Wildman–Crippen MR) is 111 cm³/mol. The zero-order chi connectivity index (χ0) is 20.8. The molecule has 0 bridgehead atoms. The van der Waals surface area contributed by atoms with Crippen molar-refractivity contribution in [3.8, 4) is 5.75 Å². The number of esters is 1. The van der Waals surface area contributed by atoms with Gasteiger partial charge in [-0.1, -0.05) is 30.3 Å². The third-order valence-electron chi connectivity index (χ3n) is 4.12. The lowest BCUT2D eigenvalue weighted by Gasteiger charge is -2.10. The highest BCUT2D eigenvalue weighted by Crippen LogP contribution is 2.20. The summed E-state index contributed by atoms with van der Waals surface area (Å²) in [5, 5.41) is 5.46. The van der Waals surface area contributed by atoms with Crippen LogP contribution >= 0.6 is 0 Å². The molecule has 0 aliphatic carbocycles. The number of hydrogen-bond acceptors (Lipinski definition) is 4. The summed E-state index contributed by atoms with van der Waals surface area (Å²) in [6.07, 6.45) is 0. The minimum atomic E-state index is -0.586. The molecule has 0 saturated heterocycles. The van der Waals surface area contributed by atoms with Crippen LogP contribution in [0.2, 0.25) is 0 Å². The topological polar surface area (TPSA) is 84.5 Å². The smallest absolute Gasteiger partial charge is 0.343 e. The summed E-state index contributed by atoms with van der Waals surface area (Å²) in [5.41, 5.74) is 2.70. The van der Waals surface area contributed by atoms with E-state index in [-0.39, 0.29) is 17.6 Å². The maximum Gasteiger partial charge on any atom is 0.343 e. The molecule has 0 aromatic heterocycles. The minimum absolute atomic E-state index is 0.226. The van der Waals surface area contributed by atoms with Crippen LogP contribution in [0.4, 0.5) is 11.4 Å². The lowest BCUT2D eigenvalue weighted by atomic mass is 10.1. The van der Waals surface area contributed by atoms with E-state index in [1.54, 1.807) is 48.5 Å². The molecule has 6 heteroatoms. The van der Waals surface area contributed by atoms with Gasteiger partial charge in [0.05, 0.1) is 5.56 Å². The van der Waals surface area contributed by atoms with E-state index in [1.807, 2.05) is 25.1 Å². The fraction of sp³-hybridized carbons (Fsp3) is 0.0870. The van der Waals surface area contributed by atoms with Crippen LogP contribution in [0.5, 0.6) is 5.75 Å². The lowest BCUT2D eigenvalue weighted by molar-refractivity contribution is -0.114. The number of anilines is 2. The summed E-state index contributed by atoms with van der Waals surface area (Å²) in [6.45, 7) is 3.23. The van der Waals surface area contributed by atoms with Crippen LogP contribution in [0.1, 0.15) is 33.2 Å². The molecule has 0 unspecified atom stereocenters. The van der Waals surface area contributed by atoms with Gasteiger partial charge in [0.25, 0.3) is 5.91 Å². The quantitative estimate of drug-likeness (QED) is 0.500. The van der Waals surface area contributed by atoms with Gasteiger partial charge in [-0.2, -0.15) is 0 Å². The molecular weight excluding hydrogens is 368 g/mol. The van der Waals surface area contributed by atoms with Gasteiger partial charge in [-0.3, -0.25) is 9.59 Å². The van der Waals surface area contributed by atoms with Crippen molar-refractivity contribution in [2.75, 3.05) is 10.6 Å². The zero-order valence-electron chi connectivity index (χ0n) is 16.1. The van der Waals surface area contributed by atoms with Crippen LogP contribution in [0.15, 0.2) is 72.8 Å². The molecule has 3 aromatic carbocycles. The maximum atomic E-state index is 12.5. The number of aryl methyl sites for hydroxylation is 1. The van der Waals surface area contributed by atoms with Gasteiger partial charge in [-0.25, -0.2) is 4.79 Å². The standard InChI is InChI=1S/C23H20N2O4/c1-15-11-12-18(14-21(15)24-16(2)26)23(28)29-20-10-6-7-17(13-20)22(27)25-19-8-4-3-5-9-19/h3-14H,1-2H3,(H,24,26)(H,25,27). The number of ether oxygens (including phenoxy) is 1. The Morgan fingerprint density at radius 2 is 1.55 bits per heavy atom. The van der Waals surface area contributed by atoms with Crippen molar-refractivity contribution >= 4 is 29.2 Å². The lowest BCUT2D eigenvalue weighted by Crippen LogP contribution is -2.13. The molecule has 29 heavy (non-hydrogen) atoms. The Balaban J connectivity index is 1.74. The molecule has 2 N–H and O–H groups in total. The Labute approximate surface area is 168 Å². The van der Waals surface area contributed by atoms with Crippen LogP contribution in [0.25, 0.3) is 0 Å². The van der Waals surface area contributed by atoms with E-state index >= 15 is 0 Å². The van der Waals surface area contributed by atoms with Crippen LogP contribution in [0, 0.1) is 6.92 Å². The molecule has 3 rings (SSSR count). The molecule has 3 aromatic rings. The summed E-state index contributed by atoms with van der Waals surface area (Å²) in [6, 6.07) is 20.4. The van der Waals surface area contributed by atoms with Gasteiger partial charge in [-0.15, -0.1) is 0 Å². The average Bonchev–Trinajstić information content (AvgIpc) is 2.70. The fourth-order valence-corrected chi connectivity index (χ4v) is 2.66. The van der Waals surface area contributed by atoms with Gasteiger partial charge in [0.1, 0.15) is 5.75 Å². The van der Waals surface area contributed by atoms with Crippen molar-refractivity contribution in [1.82, 2.24) is 0 Å². The molecule has 146 valence electrons. The van der Waals surface area contributed by atoms with E-state index in [1.165, 1.54) is 13.0 Å². The average molecular weight is 388 g/mol. The number of carbonyl (C=O) groups excluding carboxylic acids is 3. The first kappa shape index (κ1) is 19.8. The van der Waals surface area contributed by atoms with Crippen molar-refractivity contribution in [2.24, 2.45) is 0 Å². The molecule has 0 heterocycles. The second-order valence-corrected chi connectivity index (χ2v) is 6.45. The largest absolute Gasteiger partial charge is 0.423 e. The van der Waals surface area contributed by atoms with E-state index in [0.29, 0.717) is 22.5 Å². The van der Waals surface area contributed by atoms with E-state index in [9.17, 15) is 14.4 Å². The van der Waals surface area contributed by atoms with E-state index in [2.05, 4.69) is 10.6 Å². The summed E-state index contributed by atoms with van der Waals surface area (Å²) in [7, 11) is 0. The number of carbonyl (C=O) groups is 3. The zero-order valence-corrected chi connectivity index (χ0v) is 16.1. The normalized spacial score (nSPS) is 10.1. The van der Waals surface area contributed by atoms with Gasteiger partial charge in [0.15, 0.2) is 0 Å². The van der Waals surface area contributed by atoms with Crippen LogP contribution < -0.4 is 15.4 Å². The Morgan fingerprint density at radius 3 is 2.28 bits per heavy atom. The summed E-state index contributed by atoms with van der Waals surface area (Å²) >= 11 is 0. The summed E-state index contributed by atoms with van der Waals surface area (Å²) in [5.74, 6) is -0.872. The Hall–Kier alpha value is -3.93. The molecule has 0 saturated carbocycles. The monoisotopic (exact) mass is 388 g/mol. The van der Waals surface area contributed by atoms with E-state index < -0.39 is 5.97 Å². The van der Waals surface area contributed by atoms with Crippen molar-refractivity contribution < 1.29 is 19.1 Å². The summed E-state index contributed by atoms with van der Waals surface area (Å²) < 4.78 is 5.41. The first-order valence-corrected chi connectivity index (χ1v) is 8.99. The van der Waals surface area contributed by atoms with E-state index in [4.69, 9.17) is 4.74 Å². The first-order valence-electron chi connectivity index (χ1n) is 8.99.